The third-order valence-corrected chi connectivity index (χ3v) is 3.20. The Morgan fingerprint density at radius 1 is 1.28 bits per heavy atom. The van der Waals surface area contributed by atoms with E-state index >= 15 is 0 Å². The summed E-state index contributed by atoms with van der Waals surface area (Å²) in [4.78, 5) is 1.98. The lowest BCUT2D eigenvalue weighted by molar-refractivity contribution is 0.309. The van der Waals surface area contributed by atoms with Crippen LogP contribution in [0.25, 0.3) is 0 Å². The lowest BCUT2D eigenvalue weighted by Crippen LogP contribution is -2.09. The molecule has 102 valence electrons. The predicted octanol–water partition coefficient (Wildman–Crippen LogP) is 1.80. The van der Waals surface area contributed by atoms with Crippen LogP contribution < -0.4 is 9.64 Å². The van der Waals surface area contributed by atoms with Crippen LogP contribution in [0.1, 0.15) is 12.8 Å². The highest BCUT2D eigenvalue weighted by Gasteiger charge is 2.03. The highest BCUT2D eigenvalue weighted by atomic mass is 32.2. The summed E-state index contributed by atoms with van der Waals surface area (Å²) in [6.45, 7) is 0.437. The first-order valence-corrected chi connectivity index (χ1v) is 7.35. The second-order valence-electron chi connectivity index (χ2n) is 4.23. The maximum atomic E-state index is 10.5. The average molecular weight is 273 g/mol. The van der Waals surface area contributed by atoms with E-state index in [1.54, 1.807) is 0 Å². The summed E-state index contributed by atoms with van der Waals surface area (Å²) in [6, 6.07) is 7.66. The first kappa shape index (κ1) is 14.8. The first-order chi connectivity index (χ1) is 8.38. The molecule has 5 nitrogen and oxygen atoms in total. The van der Waals surface area contributed by atoms with Gasteiger partial charge in [0.2, 0.25) is 0 Å². The molecule has 0 amide bonds. The van der Waals surface area contributed by atoms with Gasteiger partial charge in [0.1, 0.15) is 5.75 Å². The molecule has 0 atom stereocenters. The molecule has 0 fully saturated rings. The van der Waals surface area contributed by atoms with Crippen molar-refractivity contribution in [1.82, 2.24) is 0 Å². The van der Waals surface area contributed by atoms with E-state index in [9.17, 15) is 8.42 Å². The highest BCUT2D eigenvalue weighted by Crippen LogP contribution is 2.19. The summed E-state index contributed by atoms with van der Waals surface area (Å²) >= 11 is 0. The molecule has 0 saturated carbocycles. The molecule has 0 heterocycles. The van der Waals surface area contributed by atoms with E-state index in [0.29, 0.717) is 19.4 Å². The third kappa shape index (κ3) is 5.88. The molecule has 1 N–H and O–H groups in total. The number of anilines is 1. The lowest BCUT2D eigenvalue weighted by atomic mass is 10.3. The number of nitrogens with zero attached hydrogens (tertiary/aromatic N) is 1. The highest BCUT2D eigenvalue weighted by molar-refractivity contribution is 7.85. The molecule has 0 aliphatic heterocycles. The molecule has 0 spiro atoms. The molecule has 0 radical (unpaired) electrons. The van der Waals surface area contributed by atoms with Crippen LogP contribution in [0.15, 0.2) is 24.3 Å². The quantitative estimate of drug-likeness (QED) is 0.606. The molecule has 1 aromatic rings. The Bertz CT molecular complexity index is 471. The van der Waals surface area contributed by atoms with Crippen molar-refractivity contribution in [3.05, 3.63) is 24.3 Å². The van der Waals surface area contributed by atoms with Crippen molar-refractivity contribution >= 4 is 15.8 Å². The van der Waals surface area contributed by atoms with E-state index in [2.05, 4.69) is 0 Å². The van der Waals surface area contributed by atoms with Crippen LogP contribution in [0, 0.1) is 0 Å². The molecule has 6 heteroatoms. The van der Waals surface area contributed by atoms with Gasteiger partial charge in [-0.3, -0.25) is 4.55 Å². The van der Waals surface area contributed by atoms with E-state index in [4.69, 9.17) is 9.29 Å². The lowest BCUT2D eigenvalue weighted by Gasteiger charge is -2.14. The zero-order valence-corrected chi connectivity index (χ0v) is 11.5. The van der Waals surface area contributed by atoms with Gasteiger partial charge in [-0.1, -0.05) is 6.07 Å². The molecule has 1 rings (SSSR count). The minimum Gasteiger partial charge on any atom is -0.494 e. The Morgan fingerprint density at radius 2 is 2.00 bits per heavy atom. The molecular formula is C12H19NO4S. The average Bonchev–Trinajstić information content (AvgIpc) is 2.27. The number of benzene rings is 1. The summed E-state index contributed by atoms with van der Waals surface area (Å²) < 4.78 is 35.1. The topological polar surface area (TPSA) is 66.8 Å². The van der Waals surface area contributed by atoms with Crippen molar-refractivity contribution < 1.29 is 17.7 Å². The summed E-state index contributed by atoms with van der Waals surface area (Å²) in [5, 5.41) is 0. The summed E-state index contributed by atoms with van der Waals surface area (Å²) in [5.41, 5.74) is 1.05. The van der Waals surface area contributed by atoms with E-state index in [-0.39, 0.29) is 5.75 Å². The fourth-order valence-electron chi connectivity index (χ4n) is 1.43. The van der Waals surface area contributed by atoms with Gasteiger partial charge < -0.3 is 9.64 Å². The zero-order chi connectivity index (χ0) is 13.6. The maximum absolute atomic E-state index is 10.5. The SMILES string of the molecule is CN(C)c1cccc(OCCCCS(=O)(=O)O)c1. The molecule has 0 unspecified atom stereocenters. The van der Waals surface area contributed by atoms with Crippen molar-refractivity contribution in [3.8, 4) is 5.75 Å². The van der Waals surface area contributed by atoms with Crippen LogP contribution in [0.3, 0.4) is 0 Å². The Balaban J connectivity index is 2.33. The molecule has 0 aliphatic rings. The number of rotatable bonds is 7. The van der Waals surface area contributed by atoms with Gasteiger partial charge in [-0.25, -0.2) is 0 Å². The van der Waals surface area contributed by atoms with E-state index < -0.39 is 10.1 Å². The number of hydrogen-bond acceptors (Lipinski definition) is 4. The molecule has 0 aromatic heterocycles. The summed E-state index contributed by atoms with van der Waals surface area (Å²) in [5.74, 6) is 0.543. The van der Waals surface area contributed by atoms with Gasteiger partial charge in [0, 0.05) is 25.8 Å². The molecule has 0 aliphatic carbocycles. The molecule has 1 aromatic carbocycles. The minimum atomic E-state index is -3.85. The Kier molecular flexibility index (Phi) is 5.43. The van der Waals surface area contributed by atoms with Crippen molar-refractivity contribution in [2.45, 2.75) is 12.8 Å². The second kappa shape index (κ2) is 6.61. The van der Waals surface area contributed by atoms with Crippen LogP contribution >= 0.6 is 0 Å². The van der Waals surface area contributed by atoms with Crippen LogP contribution in [-0.2, 0) is 10.1 Å². The Labute approximate surface area is 108 Å². The zero-order valence-electron chi connectivity index (χ0n) is 10.7. The van der Waals surface area contributed by atoms with Gasteiger partial charge in [-0.05, 0) is 25.0 Å². The summed E-state index contributed by atoms with van der Waals surface area (Å²) in [7, 11) is 0.0498. The van der Waals surface area contributed by atoms with Crippen molar-refractivity contribution in [2.75, 3.05) is 31.4 Å². The minimum absolute atomic E-state index is 0.214. The van der Waals surface area contributed by atoms with E-state index in [1.807, 2.05) is 43.3 Å². The Morgan fingerprint density at radius 3 is 2.61 bits per heavy atom. The van der Waals surface area contributed by atoms with Gasteiger partial charge in [0.15, 0.2) is 0 Å². The summed E-state index contributed by atoms with van der Waals surface area (Å²) in [6.07, 6.45) is 0.984. The molecule has 0 bridgehead atoms. The van der Waals surface area contributed by atoms with Gasteiger partial charge >= 0.3 is 0 Å². The van der Waals surface area contributed by atoms with Gasteiger partial charge in [0.05, 0.1) is 12.4 Å². The fraction of sp³-hybridized carbons (Fsp3) is 0.500. The molecule has 18 heavy (non-hydrogen) atoms. The third-order valence-electron chi connectivity index (χ3n) is 2.40. The number of unbranched alkanes of at least 4 members (excludes halogenated alkanes) is 1. The van der Waals surface area contributed by atoms with E-state index in [0.717, 1.165) is 11.4 Å². The standard InChI is InChI=1S/C12H19NO4S/c1-13(2)11-6-5-7-12(10-11)17-8-3-4-9-18(14,15)16/h5-7,10H,3-4,8-9H2,1-2H3,(H,14,15,16). The second-order valence-corrected chi connectivity index (χ2v) is 5.81. The predicted molar refractivity (Wildman–Crippen MR) is 71.9 cm³/mol. The van der Waals surface area contributed by atoms with E-state index in [1.165, 1.54) is 0 Å². The monoisotopic (exact) mass is 273 g/mol. The number of hydrogen-bond donors (Lipinski definition) is 1. The van der Waals surface area contributed by atoms with Crippen molar-refractivity contribution in [2.24, 2.45) is 0 Å². The molecular weight excluding hydrogens is 254 g/mol. The van der Waals surface area contributed by atoms with Crippen LogP contribution in [-0.4, -0.2) is 39.4 Å². The number of ether oxygens (including phenoxy) is 1. The van der Waals surface area contributed by atoms with Crippen LogP contribution in [0.5, 0.6) is 5.75 Å². The van der Waals surface area contributed by atoms with Crippen molar-refractivity contribution in [3.63, 3.8) is 0 Å². The fourth-order valence-corrected chi connectivity index (χ4v) is 2.00. The smallest absolute Gasteiger partial charge is 0.264 e. The van der Waals surface area contributed by atoms with Gasteiger partial charge in [-0.2, -0.15) is 8.42 Å². The van der Waals surface area contributed by atoms with Crippen molar-refractivity contribution in [1.29, 1.82) is 0 Å². The normalized spacial score (nSPS) is 11.3. The first-order valence-electron chi connectivity index (χ1n) is 5.74. The van der Waals surface area contributed by atoms with Crippen LogP contribution in [0.4, 0.5) is 5.69 Å². The molecule has 0 saturated heterocycles. The van der Waals surface area contributed by atoms with Gasteiger partial charge in [-0.15, -0.1) is 0 Å². The maximum Gasteiger partial charge on any atom is 0.264 e. The largest absolute Gasteiger partial charge is 0.494 e. The Hall–Kier alpha value is -1.27. The van der Waals surface area contributed by atoms with Gasteiger partial charge in [0.25, 0.3) is 10.1 Å². The van der Waals surface area contributed by atoms with Crippen LogP contribution in [0.2, 0.25) is 0 Å².